The van der Waals surface area contributed by atoms with Crippen molar-refractivity contribution in [3.05, 3.63) is 42.1 Å². The van der Waals surface area contributed by atoms with Crippen molar-refractivity contribution in [2.75, 3.05) is 6.54 Å². The lowest BCUT2D eigenvalue weighted by molar-refractivity contribution is 0.619. The van der Waals surface area contributed by atoms with Crippen molar-refractivity contribution in [1.29, 1.82) is 0 Å². The Kier molecular flexibility index (Phi) is 4.13. The van der Waals surface area contributed by atoms with Gasteiger partial charge in [-0.3, -0.25) is 0 Å². The van der Waals surface area contributed by atoms with Crippen molar-refractivity contribution >= 4 is 0 Å². The lowest BCUT2D eigenvalue weighted by Crippen LogP contribution is -2.04. The van der Waals surface area contributed by atoms with Gasteiger partial charge in [-0.1, -0.05) is 7.43 Å². The van der Waals surface area contributed by atoms with Crippen LogP contribution >= 0.6 is 0 Å². The van der Waals surface area contributed by atoms with E-state index >= 15 is 0 Å². The molecule has 0 fully saturated rings. The molecule has 2 aromatic rings. The first-order valence-corrected chi connectivity index (χ1v) is 4.66. The second-order valence-electron chi connectivity index (χ2n) is 3.12. The van der Waals surface area contributed by atoms with Crippen LogP contribution in [0.5, 0.6) is 0 Å². The summed E-state index contributed by atoms with van der Waals surface area (Å²) >= 11 is 0. The van der Waals surface area contributed by atoms with Gasteiger partial charge in [0.1, 0.15) is 5.82 Å². The molecule has 2 rings (SSSR count). The molecule has 0 radical (unpaired) electrons. The first-order valence-electron chi connectivity index (χ1n) is 4.66. The van der Waals surface area contributed by atoms with Gasteiger partial charge in [-0.2, -0.15) is 5.10 Å². The summed E-state index contributed by atoms with van der Waals surface area (Å²) in [6, 6.07) is 4.80. The maximum Gasteiger partial charge on any atom is 0.153 e. The number of hydrogen-bond donors (Lipinski definition) is 1. The molecule has 4 nitrogen and oxygen atoms in total. The van der Waals surface area contributed by atoms with E-state index in [9.17, 15) is 4.39 Å². The van der Waals surface area contributed by atoms with Gasteiger partial charge in [0.25, 0.3) is 0 Å². The van der Waals surface area contributed by atoms with Crippen LogP contribution in [0.1, 0.15) is 13.1 Å². The maximum atomic E-state index is 12.6. The number of halogens is 1. The summed E-state index contributed by atoms with van der Waals surface area (Å²) in [5.41, 5.74) is 6.32. The summed E-state index contributed by atoms with van der Waals surface area (Å²) < 4.78 is 14.2. The van der Waals surface area contributed by atoms with Crippen LogP contribution in [0.3, 0.4) is 0 Å². The van der Waals surface area contributed by atoms with E-state index < -0.39 is 0 Å². The van der Waals surface area contributed by atoms with Crippen LogP contribution in [0.2, 0.25) is 0 Å². The highest BCUT2D eigenvalue weighted by molar-refractivity contribution is 5.21. The third-order valence-corrected chi connectivity index (χ3v) is 1.99. The van der Waals surface area contributed by atoms with Gasteiger partial charge in [-0.15, -0.1) is 0 Å². The largest absolute Gasteiger partial charge is 0.330 e. The Labute approximate surface area is 93.9 Å². The molecule has 2 aromatic heterocycles. The van der Waals surface area contributed by atoms with Gasteiger partial charge in [0.15, 0.2) is 5.82 Å². The van der Waals surface area contributed by atoms with Crippen molar-refractivity contribution in [3.8, 4) is 5.82 Å². The first kappa shape index (κ1) is 12.3. The lowest BCUT2D eigenvalue weighted by Gasteiger charge is -1.98. The van der Waals surface area contributed by atoms with Gasteiger partial charge in [-0.05, 0) is 24.7 Å². The zero-order valence-corrected chi connectivity index (χ0v) is 8.10. The molecule has 16 heavy (non-hydrogen) atoms. The molecule has 0 bridgehead atoms. The zero-order chi connectivity index (χ0) is 10.7. The molecular weight excluding hydrogens is 207 g/mol. The van der Waals surface area contributed by atoms with E-state index in [1.54, 1.807) is 16.9 Å². The highest BCUT2D eigenvalue weighted by Crippen LogP contribution is 2.05. The van der Waals surface area contributed by atoms with Gasteiger partial charge in [0.2, 0.25) is 0 Å². The highest BCUT2D eigenvalue weighted by atomic mass is 19.1. The van der Waals surface area contributed by atoms with Crippen molar-refractivity contribution in [2.24, 2.45) is 5.73 Å². The lowest BCUT2D eigenvalue weighted by atomic mass is 10.3. The van der Waals surface area contributed by atoms with Gasteiger partial charge in [0.05, 0.1) is 11.9 Å². The van der Waals surface area contributed by atoms with Crippen LogP contribution in [0.15, 0.2) is 30.6 Å². The molecule has 0 aromatic carbocycles. The van der Waals surface area contributed by atoms with Crippen molar-refractivity contribution in [3.63, 3.8) is 0 Å². The average molecular weight is 222 g/mol. The van der Waals surface area contributed by atoms with Crippen LogP contribution in [0.25, 0.3) is 5.82 Å². The van der Waals surface area contributed by atoms with Crippen LogP contribution < -0.4 is 5.73 Å². The van der Waals surface area contributed by atoms with E-state index in [4.69, 9.17) is 5.73 Å². The monoisotopic (exact) mass is 222 g/mol. The number of hydrogen-bond acceptors (Lipinski definition) is 3. The minimum Gasteiger partial charge on any atom is -0.330 e. The molecule has 0 spiro atoms. The topological polar surface area (TPSA) is 56.7 Å². The molecule has 0 saturated heterocycles. The number of nitrogens with two attached hydrogens (primary N) is 1. The molecule has 0 amide bonds. The smallest absolute Gasteiger partial charge is 0.153 e. The fourth-order valence-corrected chi connectivity index (χ4v) is 1.27. The van der Waals surface area contributed by atoms with Gasteiger partial charge in [-0.25, -0.2) is 14.1 Å². The minimum atomic E-state index is -0.354. The minimum absolute atomic E-state index is 0. The van der Waals surface area contributed by atoms with E-state index in [1.807, 2.05) is 6.07 Å². The fourth-order valence-electron chi connectivity index (χ4n) is 1.27. The van der Waals surface area contributed by atoms with Crippen molar-refractivity contribution in [1.82, 2.24) is 14.8 Å². The van der Waals surface area contributed by atoms with E-state index in [0.29, 0.717) is 12.4 Å². The predicted molar refractivity (Wildman–Crippen MR) is 60.8 cm³/mol. The number of rotatable bonds is 3. The Morgan fingerprint density at radius 2 is 2.12 bits per heavy atom. The van der Waals surface area contributed by atoms with Gasteiger partial charge in [0, 0.05) is 12.6 Å². The Balaban J connectivity index is 0.00000128. The molecule has 86 valence electrons. The molecular formula is C11H15FN4. The standard InChI is InChI=1S/C10H11FN4.CH4/c11-8-1-2-10(13-7-8)15-6-4-9(14-15)3-5-12;/h1-2,4,6-7H,3,5,12H2;1H4. The number of aromatic nitrogens is 3. The fraction of sp³-hybridized carbons (Fsp3) is 0.273. The third-order valence-electron chi connectivity index (χ3n) is 1.99. The molecule has 0 aliphatic rings. The zero-order valence-electron chi connectivity index (χ0n) is 8.10. The van der Waals surface area contributed by atoms with E-state index in [-0.39, 0.29) is 13.2 Å². The second kappa shape index (κ2) is 5.37. The summed E-state index contributed by atoms with van der Waals surface area (Å²) in [4.78, 5) is 3.92. The SMILES string of the molecule is C.NCCc1ccn(-c2ccc(F)cn2)n1. The Hall–Kier alpha value is -1.75. The molecule has 5 heteroatoms. The van der Waals surface area contributed by atoms with E-state index in [1.165, 1.54) is 12.3 Å². The van der Waals surface area contributed by atoms with Gasteiger partial charge >= 0.3 is 0 Å². The van der Waals surface area contributed by atoms with Crippen LogP contribution in [-0.4, -0.2) is 21.3 Å². The van der Waals surface area contributed by atoms with Crippen LogP contribution in [0, 0.1) is 5.82 Å². The van der Waals surface area contributed by atoms with Crippen molar-refractivity contribution < 1.29 is 4.39 Å². The summed E-state index contributed by atoms with van der Waals surface area (Å²) in [5, 5.41) is 4.25. The molecule has 0 atom stereocenters. The Morgan fingerprint density at radius 1 is 1.31 bits per heavy atom. The summed E-state index contributed by atoms with van der Waals surface area (Å²) in [7, 11) is 0. The number of nitrogens with zero attached hydrogens (tertiary/aromatic N) is 3. The molecule has 0 aliphatic carbocycles. The summed E-state index contributed by atoms with van der Waals surface area (Å²) in [5.74, 6) is 0.243. The highest BCUT2D eigenvalue weighted by Gasteiger charge is 2.01. The second-order valence-corrected chi connectivity index (χ2v) is 3.12. The number of pyridine rings is 1. The first-order chi connectivity index (χ1) is 7.29. The van der Waals surface area contributed by atoms with Crippen LogP contribution in [-0.2, 0) is 6.42 Å². The molecule has 2 N–H and O–H groups in total. The summed E-state index contributed by atoms with van der Waals surface area (Å²) in [6.45, 7) is 0.563. The van der Waals surface area contributed by atoms with Crippen LogP contribution in [0.4, 0.5) is 4.39 Å². The normalized spacial score (nSPS) is 9.88. The van der Waals surface area contributed by atoms with Gasteiger partial charge < -0.3 is 5.73 Å². The Morgan fingerprint density at radius 3 is 2.75 bits per heavy atom. The molecule has 0 aliphatic heterocycles. The summed E-state index contributed by atoms with van der Waals surface area (Å²) in [6.07, 6.45) is 3.68. The molecule has 0 saturated carbocycles. The molecule has 2 heterocycles. The van der Waals surface area contributed by atoms with E-state index in [0.717, 1.165) is 12.1 Å². The average Bonchev–Trinajstić information content (AvgIpc) is 2.68. The quantitative estimate of drug-likeness (QED) is 0.857. The predicted octanol–water partition coefficient (Wildman–Crippen LogP) is 1.54. The van der Waals surface area contributed by atoms with E-state index in [2.05, 4.69) is 10.1 Å². The third kappa shape index (κ3) is 2.64. The maximum absolute atomic E-state index is 12.6. The molecule has 0 unspecified atom stereocenters. The Bertz CT molecular complexity index is 436. The van der Waals surface area contributed by atoms with Crippen molar-refractivity contribution in [2.45, 2.75) is 13.8 Å².